The number of piperidine rings is 1. The van der Waals surface area contributed by atoms with Crippen molar-refractivity contribution >= 4 is 0 Å². The van der Waals surface area contributed by atoms with Crippen molar-refractivity contribution in [3.63, 3.8) is 0 Å². The quantitative estimate of drug-likeness (QED) is 0.816. The molecule has 1 aliphatic rings. The number of likely N-dealkylation sites (tertiary alicyclic amines) is 1. The van der Waals surface area contributed by atoms with Gasteiger partial charge in [-0.3, -0.25) is 4.90 Å². The maximum Gasteiger partial charge on any atom is 0.140 e. The first-order valence-corrected chi connectivity index (χ1v) is 6.35. The van der Waals surface area contributed by atoms with E-state index >= 15 is 0 Å². The molecule has 0 N–H and O–H groups in total. The van der Waals surface area contributed by atoms with Crippen LogP contribution in [-0.2, 0) is 11.3 Å². The van der Waals surface area contributed by atoms with Crippen LogP contribution in [0.5, 0.6) is 0 Å². The number of ether oxygens (including phenoxy) is 1. The molecule has 0 bridgehead atoms. The van der Waals surface area contributed by atoms with Gasteiger partial charge in [-0.05, 0) is 37.5 Å². The van der Waals surface area contributed by atoms with Gasteiger partial charge in [-0.1, -0.05) is 0 Å². The number of nitriles is 1. The van der Waals surface area contributed by atoms with Crippen LogP contribution in [0.1, 0.15) is 31.0 Å². The number of methoxy groups -OCH3 is 1. The van der Waals surface area contributed by atoms with Crippen LogP contribution in [0.25, 0.3) is 0 Å². The first kappa shape index (κ1) is 13.0. The fourth-order valence-corrected chi connectivity index (χ4v) is 2.49. The Balaban J connectivity index is 1.99. The van der Waals surface area contributed by atoms with E-state index in [9.17, 15) is 0 Å². The summed E-state index contributed by atoms with van der Waals surface area (Å²) in [5, 5.41) is 8.84. The molecular formula is C14H19N3O. The van der Waals surface area contributed by atoms with Gasteiger partial charge in [0.2, 0.25) is 0 Å². The molecule has 0 amide bonds. The molecular weight excluding hydrogens is 226 g/mol. The van der Waals surface area contributed by atoms with Crippen LogP contribution in [0.3, 0.4) is 0 Å². The average molecular weight is 245 g/mol. The van der Waals surface area contributed by atoms with Crippen LogP contribution in [-0.4, -0.2) is 35.7 Å². The van der Waals surface area contributed by atoms with Crippen molar-refractivity contribution in [2.75, 3.05) is 13.7 Å². The zero-order valence-corrected chi connectivity index (χ0v) is 11.0. The van der Waals surface area contributed by atoms with Gasteiger partial charge in [0.15, 0.2) is 0 Å². The Morgan fingerprint density at radius 3 is 3.11 bits per heavy atom. The lowest BCUT2D eigenvalue weighted by atomic mass is 10.00. The fraction of sp³-hybridized carbons (Fsp3) is 0.571. The molecule has 1 saturated heterocycles. The van der Waals surface area contributed by atoms with Crippen molar-refractivity contribution in [3.8, 4) is 6.07 Å². The molecule has 2 rings (SSSR count). The Bertz CT molecular complexity index is 441. The van der Waals surface area contributed by atoms with E-state index in [1.165, 1.54) is 0 Å². The molecule has 4 nitrogen and oxygen atoms in total. The highest BCUT2D eigenvalue weighted by Crippen LogP contribution is 2.21. The molecule has 2 atom stereocenters. The molecule has 96 valence electrons. The number of rotatable bonds is 3. The van der Waals surface area contributed by atoms with Crippen molar-refractivity contribution in [3.05, 3.63) is 29.6 Å². The minimum Gasteiger partial charge on any atom is -0.381 e. The van der Waals surface area contributed by atoms with Crippen molar-refractivity contribution in [1.29, 1.82) is 5.26 Å². The molecule has 1 aromatic heterocycles. The summed E-state index contributed by atoms with van der Waals surface area (Å²) in [6.45, 7) is 4.16. The second kappa shape index (κ2) is 5.94. The van der Waals surface area contributed by atoms with Crippen LogP contribution >= 0.6 is 0 Å². The molecule has 1 aromatic rings. The van der Waals surface area contributed by atoms with E-state index in [1.54, 1.807) is 13.3 Å². The van der Waals surface area contributed by atoms with E-state index in [-0.39, 0.29) is 0 Å². The summed E-state index contributed by atoms with van der Waals surface area (Å²) < 4.78 is 5.42. The Kier molecular flexibility index (Phi) is 4.29. The summed E-state index contributed by atoms with van der Waals surface area (Å²) in [4.78, 5) is 6.43. The van der Waals surface area contributed by atoms with E-state index < -0.39 is 0 Å². The van der Waals surface area contributed by atoms with Gasteiger partial charge in [0.05, 0.1) is 6.10 Å². The molecule has 0 aliphatic carbocycles. The second-order valence-electron chi connectivity index (χ2n) is 4.86. The number of aromatic nitrogens is 1. The van der Waals surface area contributed by atoms with Crippen LogP contribution in [0.4, 0.5) is 0 Å². The molecule has 1 aliphatic heterocycles. The predicted octanol–water partition coefficient (Wildman–Crippen LogP) is 1.95. The van der Waals surface area contributed by atoms with E-state index in [1.807, 2.05) is 12.1 Å². The minimum absolute atomic E-state index is 0.392. The third kappa shape index (κ3) is 3.06. The van der Waals surface area contributed by atoms with Gasteiger partial charge in [-0.15, -0.1) is 0 Å². The molecule has 0 spiro atoms. The Morgan fingerprint density at radius 2 is 2.44 bits per heavy atom. The number of hydrogen-bond donors (Lipinski definition) is 0. The van der Waals surface area contributed by atoms with Gasteiger partial charge in [0, 0.05) is 32.4 Å². The summed E-state index contributed by atoms with van der Waals surface area (Å²) in [7, 11) is 1.79. The molecule has 4 heteroatoms. The van der Waals surface area contributed by atoms with Gasteiger partial charge >= 0.3 is 0 Å². The summed E-state index contributed by atoms with van der Waals surface area (Å²) in [5.74, 6) is 0. The van der Waals surface area contributed by atoms with Crippen LogP contribution < -0.4 is 0 Å². The van der Waals surface area contributed by atoms with Crippen LogP contribution in [0.2, 0.25) is 0 Å². The Hall–Kier alpha value is -1.44. The van der Waals surface area contributed by atoms with Gasteiger partial charge < -0.3 is 4.74 Å². The van der Waals surface area contributed by atoms with Crippen LogP contribution in [0, 0.1) is 11.3 Å². The van der Waals surface area contributed by atoms with E-state index in [0.29, 0.717) is 17.8 Å². The first-order chi connectivity index (χ1) is 8.72. The topological polar surface area (TPSA) is 49.1 Å². The molecule has 0 aromatic carbocycles. The zero-order chi connectivity index (χ0) is 13.0. The summed E-state index contributed by atoms with van der Waals surface area (Å²) >= 11 is 0. The lowest BCUT2D eigenvalue weighted by molar-refractivity contribution is 0.0129. The standard InChI is InChI=1S/C14H19N3O/c1-11-7-14(18-2)4-6-17(11)10-12-3-5-16-13(8-12)9-15/h3,5,8,11,14H,4,6-7,10H2,1-2H3. The molecule has 2 heterocycles. The second-order valence-corrected chi connectivity index (χ2v) is 4.86. The van der Waals surface area contributed by atoms with E-state index in [2.05, 4.69) is 22.9 Å². The van der Waals surface area contributed by atoms with Crippen LogP contribution in [0.15, 0.2) is 18.3 Å². The minimum atomic E-state index is 0.392. The highest BCUT2D eigenvalue weighted by molar-refractivity contribution is 5.25. The van der Waals surface area contributed by atoms with E-state index in [0.717, 1.165) is 31.5 Å². The summed E-state index contributed by atoms with van der Waals surface area (Å²) in [6.07, 6.45) is 4.26. The third-order valence-electron chi connectivity index (χ3n) is 3.62. The summed E-state index contributed by atoms with van der Waals surface area (Å²) in [5.41, 5.74) is 1.65. The Labute approximate surface area is 108 Å². The number of nitrogens with zero attached hydrogens (tertiary/aromatic N) is 3. The largest absolute Gasteiger partial charge is 0.381 e. The maximum absolute atomic E-state index is 8.84. The van der Waals surface area contributed by atoms with Crippen molar-refractivity contribution in [2.24, 2.45) is 0 Å². The fourth-order valence-electron chi connectivity index (χ4n) is 2.49. The highest BCUT2D eigenvalue weighted by atomic mass is 16.5. The van der Waals surface area contributed by atoms with Gasteiger partial charge in [-0.25, -0.2) is 4.98 Å². The predicted molar refractivity (Wildman–Crippen MR) is 68.9 cm³/mol. The molecule has 0 saturated carbocycles. The lowest BCUT2D eigenvalue weighted by Gasteiger charge is -2.37. The van der Waals surface area contributed by atoms with Crippen molar-refractivity contribution in [1.82, 2.24) is 9.88 Å². The first-order valence-electron chi connectivity index (χ1n) is 6.35. The van der Waals surface area contributed by atoms with Gasteiger partial charge in [0.1, 0.15) is 11.8 Å². The molecule has 18 heavy (non-hydrogen) atoms. The van der Waals surface area contributed by atoms with Crippen molar-refractivity contribution in [2.45, 2.75) is 38.5 Å². The van der Waals surface area contributed by atoms with Crippen molar-refractivity contribution < 1.29 is 4.74 Å². The molecule has 2 unspecified atom stereocenters. The van der Waals surface area contributed by atoms with E-state index in [4.69, 9.17) is 10.00 Å². The normalized spacial score (nSPS) is 24.7. The molecule has 0 radical (unpaired) electrons. The zero-order valence-electron chi connectivity index (χ0n) is 11.0. The number of pyridine rings is 1. The average Bonchev–Trinajstić information content (AvgIpc) is 2.41. The number of hydrogen-bond acceptors (Lipinski definition) is 4. The monoisotopic (exact) mass is 245 g/mol. The SMILES string of the molecule is COC1CCN(Cc2ccnc(C#N)c2)C(C)C1. The smallest absolute Gasteiger partial charge is 0.140 e. The Morgan fingerprint density at radius 1 is 1.61 bits per heavy atom. The van der Waals surface area contributed by atoms with Gasteiger partial charge in [-0.2, -0.15) is 5.26 Å². The third-order valence-corrected chi connectivity index (χ3v) is 3.62. The van der Waals surface area contributed by atoms with Gasteiger partial charge in [0.25, 0.3) is 0 Å². The summed E-state index contributed by atoms with van der Waals surface area (Å²) in [6, 6.07) is 6.45. The molecule has 1 fully saturated rings. The highest BCUT2D eigenvalue weighted by Gasteiger charge is 2.25. The maximum atomic E-state index is 8.84. The lowest BCUT2D eigenvalue weighted by Crippen LogP contribution is -2.42.